The monoisotopic (exact) mass is 380 g/mol. The maximum Gasteiger partial charge on any atom is 0.237 e. The normalized spacial score (nSPS) is 41.4. The highest BCUT2D eigenvalue weighted by Crippen LogP contribution is 2.57. The summed E-state index contributed by atoms with van der Waals surface area (Å²) in [6.07, 6.45) is 8.69. The molecule has 5 rings (SSSR count). The third kappa shape index (κ3) is 3.37. The number of rotatable bonds is 5. The molecular weight excluding hydrogens is 352 g/mol. The fourth-order valence-corrected chi connectivity index (χ4v) is 7.57. The van der Waals surface area contributed by atoms with Crippen molar-refractivity contribution in [2.45, 2.75) is 68.5 Å². The number of amides is 1. The molecule has 4 aliphatic carbocycles. The number of hydrogen-bond donors (Lipinski definition) is 2. The minimum Gasteiger partial charge on any atom is -0.326 e. The summed E-state index contributed by atoms with van der Waals surface area (Å²) < 4.78 is 26.8. The standard InChI is InChI=1S/C18H28N4O3S/c1-26(24,25)21-18-8-13-5-14(9-18)7-17(6-13,12-18)20-11-16(23)22-4-2-3-15(22)10-19/h13-15,20-21H,2-9,11-12H2,1H3/t13-,14+,15-,17?,18?/m0/s1. The summed E-state index contributed by atoms with van der Waals surface area (Å²) in [5, 5.41) is 12.7. The van der Waals surface area contributed by atoms with E-state index in [1.807, 2.05) is 0 Å². The first kappa shape index (κ1) is 18.2. The van der Waals surface area contributed by atoms with E-state index in [9.17, 15) is 18.5 Å². The summed E-state index contributed by atoms with van der Waals surface area (Å²) in [5.74, 6) is 1.04. The van der Waals surface area contributed by atoms with Crippen LogP contribution >= 0.6 is 0 Å². The van der Waals surface area contributed by atoms with Crippen LogP contribution in [0.4, 0.5) is 0 Å². The van der Waals surface area contributed by atoms with Gasteiger partial charge in [0, 0.05) is 17.6 Å². The second kappa shape index (κ2) is 6.18. The van der Waals surface area contributed by atoms with E-state index in [-0.39, 0.29) is 29.6 Å². The van der Waals surface area contributed by atoms with E-state index in [1.165, 1.54) is 12.7 Å². The molecule has 1 amide bonds. The molecule has 7 nitrogen and oxygen atoms in total. The van der Waals surface area contributed by atoms with Crippen molar-refractivity contribution in [3.8, 4) is 6.07 Å². The lowest BCUT2D eigenvalue weighted by Crippen LogP contribution is -2.69. The zero-order valence-electron chi connectivity index (χ0n) is 15.3. The van der Waals surface area contributed by atoms with E-state index < -0.39 is 10.0 Å². The van der Waals surface area contributed by atoms with Gasteiger partial charge in [-0.3, -0.25) is 4.79 Å². The Morgan fingerprint density at radius 3 is 2.50 bits per heavy atom. The van der Waals surface area contributed by atoms with Gasteiger partial charge in [0.2, 0.25) is 15.9 Å². The molecule has 5 fully saturated rings. The predicted octanol–water partition coefficient (Wildman–Crippen LogP) is 0.731. The van der Waals surface area contributed by atoms with Crippen molar-refractivity contribution in [2.75, 3.05) is 19.3 Å². The van der Waals surface area contributed by atoms with Crippen LogP contribution in [0.15, 0.2) is 0 Å². The zero-order chi connectivity index (χ0) is 18.6. The molecule has 1 saturated heterocycles. The highest BCUT2D eigenvalue weighted by atomic mass is 32.2. The van der Waals surface area contributed by atoms with Crippen molar-refractivity contribution in [3.63, 3.8) is 0 Å². The van der Waals surface area contributed by atoms with Crippen molar-refractivity contribution in [1.29, 1.82) is 5.26 Å². The predicted molar refractivity (Wildman–Crippen MR) is 96.5 cm³/mol. The Balaban J connectivity index is 1.46. The van der Waals surface area contributed by atoms with Crippen LogP contribution in [-0.2, 0) is 14.8 Å². The first-order valence-corrected chi connectivity index (χ1v) is 11.5. The number of carbonyl (C=O) groups is 1. The van der Waals surface area contributed by atoms with Crippen LogP contribution in [-0.4, -0.2) is 55.7 Å². The van der Waals surface area contributed by atoms with Crippen LogP contribution < -0.4 is 10.0 Å². The van der Waals surface area contributed by atoms with Crippen molar-refractivity contribution in [3.05, 3.63) is 0 Å². The Labute approximate surface area is 155 Å². The van der Waals surface area contributed by atoms with Gasteiger partial charge in [-0.15, -0.1) is 0 Å². The van der Waals surface area contributed by atoms with Gasteiger partial charge < -0.3 is 10.2 Å². The van der Waals surface area contributed by atoms with E-state index in [0.29, 0.717) is 18.4 Å². The molecule has 2 unspecified atom stereocenters. The molecule has 0 aromatic rings. The maximum absolute atomic E-state index is 12.6. The molecule has 1 heterocycles. The number of nitrogens with one attached hydrogen (secondary N) is 2. The van der Waals surface area contributed by atoms with Crippen LogP contribution in [0.25, 0.3) is 0 Å². The van der Waals surface area contributed by atoms with Crippen LogP contribution in [0.2, 0.25) is 0 Å². The average Bonchev–Trinajstić information content (AvgIpc) is 2.97. The number of hydrogen-bond acceptors (Lipinski definition) is 5. The number of nitriles is 1. The van der Waals surface area contributed by atoms with Crippen LogP contribution in [0.5, 0.6) is 0 Å². The Bertz CT molecular complexity index is 730. The van der Waals surface area contributed by atoms with E-state index in [2.05, 4.69) is 16.1 Å². The molecule has 1 aliphatic heterocycles. The summed E-state index contributed by atoms with van der Waals surface area (Å²) >= 11 is 0. The smallest absolute Gasteiger partial charge is 0.237 e. The lowest BCUT2D eigenvalue weighted by molar-refractivity contribution is -0.131. The first-order valence-electron chi connectivity index (χ1n) is 9.65. The van der Waals surface area contributed by atoms with Gasteiger partial charge in [0.15, 0.2) is 0 Å². The Morgan fingerprint density at radius 2 is 1.88 bits per heavy atom. The summed E-state index contributed by atoms with van der Waals surface area (Å²) in [6, 6.07) is 1.93. The molecule has 0 spiro atoms. The van der Waals surface area contributed by atoms with Crippen LogP contribution in [0.1, 0.15) is 51.4 Å². The molecule has 0 radical (unpaired) electrons. The summed E-state index contributed by atoms with van der Waals surface area (Å²) in [5.41, 5.74) is -0.504. The lowest BCUT2D eigenvalue weighted by atomic mass is 9.50. The van der Waals surface area contributed by atoms with Gasteiger partial charge in [-0.05, 0) is 63.2 Å². The molecule has 0 aromatic carbocycles. The topological polar surface area (TPSA) is 102 Å². The van der Waals surface area contributed by atoms with Gasteiger partial charge in [-0.2, -0.15) is 5.26 Å². The molecule has 4 saturated carbocycles. The third-order valence-corrected chi connectivity index (χ3v) is 7.60. The van der Waals surface area contributed by atoms with Crippen LogP contribution in [0, 0.1) is 23.2 Å². The zero-order valence-corrected chi connectivity index (χ0v) is 16.1. The molecule has 5 atom stereocenters. The molecule has 144 valence electrons. The summed E-state index contributed by atoms with van der Waals surface area (Å²) in [7, 11) is -3.26. The molecular formula is C18H28N4O3S. The quantitative estimate of drug-likeness (QED) is 0.732. The van der Waals surface area contributed by atoms with Gasteiger partial charge in [0.25, 0.3) is 0 Å². The highest BCUT2D eigenvalue weighted by Gasteiger charge is 2.58. The third-order valence-electron chi connectivity index (χ3n) is 6.80. The molecule has 26 heavy (non-hydrogen) atoms. The van der Waals surface area contributed by atoms with Crippen LogP contribution in [0.3, 0.4) is 0 Å². The fraction of sp³-hybridized carbons (Fsp3) is 0.889. The van der Waals surface area contributed by atoms with E-state index in [0.717, 1.165) is 44.9 Å². The van der Waals surface area contributed by atoms with E-state index in [4.69, 9.17) is 0 Å². The molecule has 5 aliphatic rings. The second-order valence-electron chi connectivity index (χ2n) is 9.12. The van der Waals surface area contributed by atoms with E-state index in [1.54, 1.807) is 4.90 Å². The molecule has 2 N–H and O–H groups in total. The van der Waals surface area contributed by atoms with Gasteiger partial charge in [-0.25, -0.2) is 13.1 Å². The fourth-order valence-electron chi connectivity index (χ4n) is 6.55. The van der Waals surface area contributed by atoms with E-state index >= 15 is 0 Å². The molecule has 8 heteroatoms. The number of sulfonamides is 1. The van der Waals surface area contributed by atoms with Crippen molar-refractivity contribution in [1.82, 2.24) is 14.9 Å². The SMILES string of the molecule is CS(=O)(=O)NC12C[C@@H]3C[C@@H](CC(NCC(=O)N4CCC[C@H]4C#N)(C3)C1)C2. The molecule has 0 aromatic heterocycles. The second-order valence-corrected chi connectivity index (χ2v) is 10.9. The lowest BCUT2D eigenvalue weighted by Gasteiger charge is -2.62. The number of nitrogens with zero attached hydrogens (tertiary/aromatic N) is 2. The van der Waals surface area contributed by atoms with Crippen molar-refractivity contribution in [2.24, 2.45) is 11.8 Å². The number of likely N-dealkylation sites (tertiary alicyclic amines) is 1. The largest absolute Gasteiger partial charge is 0.326 e. The Kier molecular flexibility index (Phi) is 4.33. The Hall–Kier alpha value is -1.17. The van der Waals surface area contributed by atoms with Gasteiger partial charge in [0.1, 0.15) is 6.04 Å². The minimum atomic E-state index is -3.26. The van der Waals surface area contributed by atoms with Gasteiger partial charge >= 0.3 is 0 Å². The Morgan fingerprint density at radius 1 is 1.23 bits per heavy atom. The molecule has 4 bridgehead atoms. The summed E-state index contributed by atoms with van der Waals surface area (Å²) in [6.45, 7) is 0.906. The van der Waals surface area contributed by atoms with Crippen molar-refractivity contribution < 1.29 is 13.2 Å². The minimum absolute atomic E-state index is 0.00471. The summed E-state index contributed by atoms with van der Waals surface area (Å²) in [4.78, 5) is 14.3. The highest BCUT2D eigenvalue weighted by molar-refractivity contribution is 7.88. The first-order chi connectivity index (χ1) is 12.2. The van der Waals surface area contributed by atoms with Gasteiger partial charge in [-0.1, -0.05) is 0 Å². The van der Waals surface area contributed by atoms with Crippen molar-refractivity contribution >= 4 is 15.9 Å². The van der Waals surface area contributed by atoms with Gasteiger partial charge in [0.05, 0.1) is 18.9 Å². The number of carbonyl (C=O) groups excluding carboxylic acids is 1. The average molecular weight is 381 g/mol. The maximum atomic E-state index is 12.6.